The van der Waals surface area contributed by atoms with Crippen LogP contribution in [-0.2, 0) is 14.3 Å². The third-order valence-corrected chi connectivity index (χ3v) is 6.42. The number of rotatable bonds is 2. The molecule has 5 unspecified atom stereocenters. The van der Waals surface area contributed by atoms with Crippen molar-refractivity contribution in [2.45, 2.75) is 82.7 Å². The Morgan fingerprint density at radius 2 is 1.90 bits per heavy atom. The van der Waals surface area contributed by atoms with Crippen LogP contribution in [0, 0.1) is 10.8 Å². The first-order chi connectivity index (χ1) is 9.28. The Morgan fingerprint density at radius 1 is 1.15 bits per heavy atom. The van der Waals surface area contributed by atoms with Gasteiger partial charge in [-0.15, -0.1) is 0 Å². The van der Waals surface area contributed by atoms with Crippen molar-refractivity contribution < 1.29 is 19.4 Å². The van der Waals surface area contributed by atoms with Gasteiger partial charge in [-0.2, -0.15) is 0 Å². The summed E-state index contributed by atoms with van der Waals surface area (Å²) in [6.07, 6.45) is 6.41. The van der Waals surface area contributed by atoms with E-state index in [-0.39, 0.29) is 22.7 Å². The third kappa shape index (κ3) is 1.28. The molecule has 0 amide bonds. The van der Waals surface area contributed by atoms with E-state index >= 15 is 0 Å². The molecule has 0 aromatic rings. The summed E-state index contributed by atoms with van der Waals surface area (Å²) in [5.74, 6) is -0.691. The number of carboxylic acids is 1. The molecule has 4 heteroatoms. The van der Waals surface area contributed by atoms with Gasteiger partial charge in [0, 0.05) is 5.41 Å². The minimum Gasteiger partial charge on any atom is -0.481 e. The molecule has 4 fully saturated rings. The fourth-order valence-corrected chi connectivity index (χ4v) is 5.63. The lowest BCUT2D eigenvalue weighted by molar-refractivity contribution is -0.153. The van der Waals surface area contributed by atoms with Crippen molar-refractivity contribution in [2.75, 3.05) is 0 Å². The summed E-state index contributed by atoms with van der Waals surface area (Å²) in [6, 6.07) is 0. The van der Waals surface area contributed by atoms with E-state index in [0.29, 0.717) is 18.9 Å². The molecule has 112 valence electrons. The Labute approximate surface area is 119 Å². The van der Waals surface area contributed by atoms with Crippen LogP contribution in [0.1, 0.15) is 59.3 Å². The first-order valence-electron chi connectivity index (χ1n) is 7.87. The highest BCUT2D eigenvalue weighted by Gasteiger charge is 2.86. The molecule has 2 heterocycles. The highest BCUT2D eigenvalue weighted by atomic mass is 16.7. The number of ether oxygens (including phenoxy) is 2. The van der Waals surface area contributed by atoms with Gasteiger partial charge in [-0.05, 0) is 32.6 Å². The van der Waals surface area contributed by atoms with Gasteiger partial charge in [0.2, 0.25) is 0 Å². The molecule has 0 aromatic heterocycles. The molecule has 5 atom stereocenters. The highest BCUT2D eigenvalue weighted by Crippen LogP contribution is 2.74. The monoisotopic (exact) mass is 280 g/mol. The van der Waals surface area contributed by atoms with Gasteiger partial charge < -0.3 is 14.6 Å². The smallest absolute Gasteiger partial charge is 0.309 e. The van der Waals surface area contributed by atoms with Crippen LogP contribution < -0.4 is 0 Å². The zero-order chi connectivity index (χ0) is 14.4. The predicted octanol–water partition coefficient (Wildman–Crippen LogP) is 2.75. The molecule has 4 rings (SSSR count). The van der Waals surface area contributed by atoms with Crippen LogP contribution in [0.25, 0.3) is 0 Å². The molecule has 20 heavy (non-hydrogen) atoms. The summed E-state index contributed by atoms with van der Waals surface area (Å²) in [5.41, 5.74) is -1.13. The minimum atomic E-state index is -0.691. The second kappa shape index (κ2) is 3.41. The zero-order valence-corrected chi connectivity index (χ0v) is 12.6. The normalized spacial score (nSPS) is 55.5. The molecule has 2 saturated carbocycles. The Kier molecular flexibility index (Phi) is 2.23. The van der Waals surface area contributed by atoms with E-state index in [0.717, 1.165) is 12.8 Å². The molecular formula is C16H24O4. The molecule has 1 N–H and O–H groups in total. The van der Waals surface area contributed by atoms with E-state index in [4.69, 9.17) is 9.47 Å². The maximum absolute atomic E-state index is 11.6. The van der Waals surface area contributed by atoms with Crippen molar-refractivity contribution in [3.8, 4) is 0 Å². The Balaban J connectivity index is 1.68. The van der Waals surface area contributed by atoms with Crippen molar-refractivity contribution in [2.24, 2.45) is 10.8 Å². The number of epoxide rings is 2. The van der Waals surface area contributed by atoms with Gasteiger partial charge in [-0.1, -0.05) is 26.7 Å². The second-order valence-corrected chi connectivity index (χ2v) is 8.21. The number of hydrogen-bond acceptors (Lipinski definition) is 3. The summed E-state index contributed by atoms with van der Waals surface area (Å²) < 4.78 is 12.4. The fourth-order valence-electron chi connectivity index (χ4n) is 5.63. The fraction of sp³-hybridized carbons (Fsp3) is 0.938. The van der Waals surface area contributed by atoms with Crippen LogP contribution in [0.5, 0.6) is 0 Å². The molecule has 0 radical (unpaired) electrons. The average molecular weight is 280 g/mol. The minimum absolute atomic E-state index is 0.0652. The summed E-state index contributed by atoms with van der Waals surface area (Å²) in [6.45, 7) is 6.22. The van der Waals surface area contributed by atoms with Gasteiger partial charge in [0.05, 0.1) is 17.6 Å². The van der Waals surface area contributed by atoms with Crippen molar-refractivity contribution in [1.82, 2.24) is 0 Å². The summed E-state index contributed by atoms with van der Waals surface area (Å²) in [5, 5.41) is 9.55. The van der Waals surface area contributed by atoms with Crippen molar-refractivity contribution >= 4 is 5.97 Å². The number of aliphatic carboxylic acids is 1. The molecular weight excluding hydrogens is 256 g/mol. The summed E-state index contributed by atoms with van der Waals surface area (Å²) >= 11 is 0. The quantitative estimate of drug-likeness (QED) is 0.790. The summed E-state index contributed by atoms with van der Waals surface area (Å²) in [4.78, 5) is 11.6. The molecule has 0 bridgehead atoms. The lowest BCUT2D eigenvalue weighted by Gasteiger charge is -2.46. The van der Waals surface area contributed by atoms with Gasteiger partial charge >= 0.3 is 5.97 Å². The Morgan fingerprint density at radius 3 is 2.50 bits per heavy atom. The highest BCUT2D eigenvalue weighted by molar-refractivity contribution is 5.75. The van der Waals surface area contributed by atoms with Crippen LogP contribution in [0.2, 0.25) is 0 Å². The van der Waals surface area contributed by atoms with Crippen LogP contribution in [0.3, 0.4) is 0 Å². The zero-order valence-electron chi connectivity index (χ0n) is 12.6. The Bertz CT molecular complexity index is 487. The van der Waals surface area contributed by atoms with Crippen molar-refractivity contribution in [3.05, 3.63) is 0 Å². The standard InChI is InChI=1S/C16H24O4/c1-13(2)9-14(3,12(17)18)8-11-16(13,20-11)15-7-5-4-6-10(15)19-15/h10-11H,4-9H2,1-3H3,(H,17,18). The van der Waals surface area contributed by atoms with Crippen molar-refractivity contribution in [3.63, 3.8) is 0 Å². The van der Waals surface area contributed by atoms with E-state index < -0.39 is 11.4 Å². The molecule has 0 aromatic carbocycles. The van der Waals surface area contributed by atoms with E-state index in [2.05, 4.69) is 13.8 Å². The van der Waals surface area contributed by atoms with Crippen LogP contribution in [0.4, 0.5) is 0 Å². The topological polar surface area (TPSA) is 62.4 Å². The van der Waals surface area contributed by atoms with Gasteiger partial charge in [0.25, 0.3) is 0 Å². The van der Waals surface area contributed by atoms with Gasteiger partial charge in [-0.3, -0.25) is 4.79 Å². The van der Waals surface area contributed by atoms with Crippen molar-refractivity contribution in [1.29, 1.82) is 0 Å². The number of carboxylic acid groups (broad SMARTS) is 1. The molecule has 4 aliphatic rings. The second-order valence-electron chi connectivity index (χ2n) is 8.21. The molecule has 2 aliphatic heterocycles. The molecule has 2 aliphatic carbocycles. The van der Waals surface area contributed by atoms with Crippen LogP contribution in [-0.4, -0.2) is 34.5 Å². The van der Waals surface area contributed by atoms with Gasteiger partial charge in [-0.25, -0.2) is 0 Å². The molecule has 0 spiro atoms. The number of hydrogen-bond donors (Lipinski definition) is 1. The Hall–Kier alpha value is -0.610. The summed E-state index contributed by atoms with van der Waals surface area (Å²) in [7, 11) is 0. The molecule has 2 saturated heterocycles. The van der Waals surface area contributed by atoms with E-state index in [1.807, 2.05) is 6.92 Å². The maximum Gasteiger partial charge on any atom is 0.309 e. The third-order valence-electron chi connectivity index (χ3n) is 6.42. The van der Waals surface area contributed by atoms with Crippen LogP contribution in [0.15, 0.2) is 0 Å². The average Bonchev–Trinajstić information content (AvgIpc) is 3.19. The maximum atomic E-state index is 11.6. The predicted molar refractivity (Wildman–Crippen MR) is 72.4 cm³/mol. The lowest BCUT2D eigenvalue weighted by atomic mass is 9.54. The first-order valence-corrected chi connectivity index (χ1v) is 7.87. The lowest BCUT2D eigenvalue weighted by Crippen LogP contribution is -2.56. The van der Waals surface area contributed by atoms with E-state index in [1.165, 1.54) is 12.8 Å². The number of carbonyl (C=O) groups is 1. The number of fused-ring (bicyclic) bond motifs is 3. The van der Waals surface area contributed by atoms with E-state index in [9.17, 15) is 9.90 Å². The molecule has 4 nitrogen and oxygen atoms in total. The van der Waals surface area contributed by atoms with E-state index in [1.54, 1.807) is 0 Å². The SMILES string of the molecule is CC1(C(=O)O)CC2OC2(C23CCCCC2O3)C(C)(C)C1. The van der Waals surface area contributed by atoms with Gasteiger partial charge in [0.15, 0.2) is 0 Å². The first kappa shape index (κ1) is 13.1. The van der Waals surface area contributed by atoms with Gasteiger partial charge in [0.1, 0.15) is 11.2 Å². The largest absolute Gasteiger partial charge is 0.481 e. The van der Waals surface area contributed by atoms with Crippen LogP contribution >= 0.6 is 0 Å².